The van der Waals surface area contributed by atoms with Gasteiger partial charge in [0.2, 0.25) is 0 Å². The zero-order valence-electron chi connectivity index (χ0n) is 6.97. The van der Waals surface area contributed by atoms with Crippen LogP contribution >= 0.6 is 0 Å². The van der Waals surface area contributed by atoms with E-state index >= 15 is 0 Å². The zero-order chi connectivity index (χ0) is 7.40. The van der Waals surface area contributed by atoms with Gasteiger partial charge in [0, 0.05) is 25.6 Å². The Labute approximate surface area is 63.2 Å². The first-order valence-electron chi connectivity index (χ1n) is 4.16. The summed E-state index contributed by atoms with van der Waals surface area (Å²) in [6.45, 7) is 9.78. The highest BCUT2D eigenvalue weighted by atomic mass is 16.5. The predicted molar refractivity (Wildman–Crippen MR) is 42.1 cm³/mol. The van der Waals surface area contributed by atoms with E-state index in [0.29, 0.717) is 0 Å². The van der Waals surface area contributed by atoms with Crippen molar-refractivity contribution >= 4 is 0 Å². The molecule has 0 bridgehead atoms. The zero-order valence-corrected chi connectivity index (χ0v) is 6.97. The molecular weight excluding hydrogens is 126 g/mol. The number of hydrogen-bond donors (Lipinski definition) is 0. The van der Waals surface area contributed by atoms with Crippen LogP contribution in [0.2, 0.25) is 0 Å². The third-order valence-corrected chi connectivity index (χ3v) is 2.04. The average Bonchev–Trinajstić information content (AvgIpc) is 1.86. The summed E-state index contributed by atoms with van der Waals surface area (Å²) in [5, 5.41) is 0. The molecule has 0 spiro atoms. The molecule has 0 N–H and O–H groups in total. The van der Waals surface area contributed by atoms with Gasteiger partial charge in [-0.15, -0.1) is 0 Å². The van der Waals surface area contributed by atoms with Gasteiger partial charge in [-0.1, -0.05) is 6.92 Å². The van der Waals surface area contributed by atoms with Gasteiger partial charge in [-0.3, -0.25) is 0 Å². The van der Waals surface area contributed by atoms with Crippen LogP contribution < -0.4 is 0 Å². The lowest BCUT2D eigenvalue weighted by atomic mass is 10.0. The highest BCUT2D eigenvalue weighted by Gasteiger charge is 2.24. The second kappa shape index (κ2) is 3.94. The maximum absolute atomic E-state index is 5.30. The fraction of sp³-hybridized carbons (Fsp3) is 1.00. The van der Waals surface area contributed by atoms with Gasteiger partial charge in [-0.2, -0.15) is 0 Å². The summed E-state index contributed by atoms with van der Waals surface area (Å²) in [6.07, 6.45) is 0. The summed E-state index contributed by atoms with van der Waals surface area (Å²) in [5.74, 6) is 0.819. The monoisotopic (exact) mass is 143 g/mol. The van der Waals surface area contributed by atoms with E-state index < -0.39 is 0 Å². The fourth-order valence-corrected chi connectivity index (χ4v) is 1.32. The van der Waals surface area contributed by atoms with Crippen LogP contribution in [0.15, 0.2) is 0 Å². The smallest absolute Gasteiger partial charge is 0.0518 e. The molecular formula is C8H17NO. The van der Waals surface area contributed by atoms with E-state index in [1.54, 1.807) is 0 Å². The van der Waals surface area contributed by atoms with Crippen LogP contribution in [0.3, 0.4) is 0 Å². The summed E-state index contributed by atoms with van der Waals surface area (Å²) in [4.78, 5) is 2.43. The van der Waals surface area contributed by atoms with Gasteiger partial charge in [-0.05, 0) is 13.5 Å². The molecule has 0 saturated carbocycles. The molecule has 10 heavy (non-hydrogen) atoms. The Morgan fingerprint density at radius 3 is 2.60 bits per heavy atom. The molecule has 60 valence electrons. The molecule has 0 aromatic rings. The first kappa shape index (κ1) is 8.02. The lowest BCUT2D eigenvalue weighted by molar-refractivity contribution is 0.0219. The molecule has 0 aliphatic carbocycles. The lowest BCUT2D eigenvalue weighted by Gasteiger charge is -2.38. The third kappa shape index (κ3) is 1.96. The number of rotatable bonds is 4. The predicted octanol–water partition coefficient (Wildman–Crippen LogP) is 0.975. The average molecular weight is 143 g/mol. The number of ether oxygens (including phenoxy) is 1. The second-order valence-corrected chi connectivity index (χ2v) is 2.88. The Morgan fingerprint density at radius 1 is 1.40 bits per heavy atom. The van der Waals surface area contributed by atoms with Crippen molar-refractivity contribution in [3.8, 4) is 0 Å². The maximum Gasteiger partial charge on any atom is 0.0518 e. The molecule has 1 aliphatic rings. The minimum Gasteiger partial charge on any atom is -0.381 e. The van der Waals surface area contributed by atoms with Crippen LogP contribution in [0.5, 0.6) is 0 Å². The summed E-state index contributed by atoms with van der Waals surface area (Å²) in [6, 6.07) is 0. The van der Waals surface area contributed by atoms with Gasteiger partial charge >= 0.3 is 0 Å². The molecule has 1 heterocycles. The summed E-state index contributed by atoms with van der Waals surface area (Å²) < 4.78 is 5.30. The van der Waals surface area contributed by atoms with E-state index in [4.69, 9.17) is 4.74 Å². The van der Waals surface area contributed by atoms with E-state index in [-0.39, 0.29) is 0 Å². The SMILES string of the molecule is CCOCC1CN(CC)C1. The van der Waals surface area contributed by atoms with Crippen LogP contribution in [-0.4, -0.2) is 37.7 Å². The van der Waals surface area contributed by atoms with E-state index in [0.717, 1.165) is 19.1 Å². The van der Waals surface area contributed by atoms with Crippen LogP contribution in [0.4, 0.5) is 0 Å². The molecule has 0 aromatic heterocycles. The van der Waals surface area contributed by atoms with Crippen LogP contribution in [-0.2, 0) is 4.74 Å². The second-order valence-electron chi connectivity index (χ2n) is 2.88. The Hall–Kier alpha value is -0.0800. The Bertz CT molecular complexity index is 86.5. The van der Waals surface area contributed by atoms with Crippen molar-refractivity contribution in [3.05, 3.63) is 0 Å². The molecule has 0 amide bonds. The van der Waals surface area contributed by atoms with E-state index in [9.17, 15) is 0 Å². The highest BCUT2D eigenvalue weighted by molar-refractivity contribution is 4.77. The first-order valence-corrected chi connectivity index (χ1v) is 4.16. The molecule has 0 atom stereocenters. The molecule has 1 fully saturated rings. The van der Waals surface area contributed by atoms with Crippen LogP contribution in [0, 0.1) is 5.92 Å². The van der Waals surface area contributed by atoms with Crippen LogP contribution in [0.1, 0.15) is 13.8 Å². The minimum atomic E-state index is 0.819. The summed E-state index contributed by atoms with van der Waals surface area (Å²) in [7, 11) is 0. The van der Waals surface area contributed by atoms with Gasteiger partial charge in [0.15, 0.2) is 0 Å². The quantitative estimate of drug-likeness (QED) is 0.581. The maximum atomic E-state index is 5.30. The van der Waals surface area contributed by atoms with Gasteiger partial charge in [0.25, 0.3) is 0 Å². The van der Waals surface area contributed by atoms with Crippen molar-refractivity contribution in [2.75, 3.05) is 32.8 Å². The van der Waals surface area contributed by atoms with Crippen molar-refractivity contribution < 1.29 is 4.74 Å². The molecule has 1 aliphatic heterocycles. The van der Waals surface area contributed by atoms with E-state index in [2.05, 4.69) is 18.7 Å². The minimum absolute atomic E-state index is 0.819. The molecule has 2 heteroatoms. The van der Waals surface area contributed by atoms with Crippen molar-refractivity contribution in [1.29, 1.82) is 0 Å². The number of likely N-dealkylation sites (tertiary alicyclic amines) is 1. The summed E-state index contributed by atoms with van der Waals surface area (Å²) in [5.41, 5.74) is 0. The molecule has 2 nitrogen and oxygen atoms in total. The lowest BCUT2D eigenvalue weighted by Crippen LogP contribution is -2.48. The van der Waals surface area contributed by atoms with E-state index in [1.807, 2.05) is 0 Å². The van der Waals surface area contributed by atoms with Gasteiger partial charge in [-0.25, -0.2) is 0 Å². The molecule has 1 saturated heterocycles. The van der Waals surface area contributed by atoms with Crippen molar-refractivity contribution in [3.63, 3.8) is 0 Å². The Kier molecular flexibility index (Phi) is 3.16. The van der Waals surface area contributed by atoms with Crippen molar-refractivity contribution in [1.82, 2.24) is 4.90 Å². The Balaban J connectivity index is 1.93. The molecule has 0 aromatic carbocycles. The summed E-state index contributed by atoms with van der Waals surface area (Å²) >= 11 is 0. The Morgan fingerprint density at radius 2 is 2.10 bits per heavy atom. The van der Waals surface area contributed by atoms with Crippen molar-refractivity contribution in [2.24, 2.45) is 5.92 Å². The standard InChI is InChI=1S/C8H17NO/c1-3-9-5-8(6-9)7-10-4-2/h8H,3-7H2,1-2H3. The largest absolute Gasteiger partial charge is 0.381 e. The van der Waals surface area contributed by atoms with E-state index in [1.165, 1.54) is 19.6 Å². The third-order valence-electron chi connectivity index (χ3n) is 2.04. The first-order chi connectivity index (χ1) is 4.86. The highest BCUT2D eigenvalue weighted by Crippen LogP contribution is 2.14. The van der Waals surface area contributed by atoms with Crippen LogP contribution in [0.25, 0.3) is 0 Å². The molecule has 0 unspecified atom stereocenters. The van der Waals surface area contributed by atoms with Gasteiger partial charge in [0.05, 0.1) is 6.61 Å². The van der Waals surface area contributed by atoms with Gasteiger partial charge < -0.3 is 9.64 Å². The molecule has 1 rings (SSSR count). The fourth-order valence-electron chi connectivity index (χ4n) is 1.32. The number of nitrogens with zero attached hydrogens (tertiary/aromatic N) is 1. The molecule has 0 radical (unpaired) electrons. The van der Waals surface area contributed by atoms with Gasteiger partial charge in [0.1, 0.15) is 0 Å². The van der Waals surface area contributed by atoms with Crippen molar-refractivity contribution in [2.45, 2.75) is 13.8 Å². The number of hydrogen-bond acceptors (Lipinski definition) is 2. The normalized spacial score (nSPS) is 21.0. The topological polar surface area (TPSA) is 12.5 Å².